The standard InChI is InChI=1S/C26H25ClFN5O2/c1-16-17(2)30-31-25(23(16)24(29)34)32-11-13-33(14-12-32)26(35)22(19-5-9-21(28)10-6-19)15-18-3-7-20(27)8-4-18/h3-10,15H,11-14H2,1-2H3,(H2,29,34)/b22-15+. The fourth-order valence-electron chi connectivity index (χ4n) is 4.03. The molecule has 7 nitrogen and oxygen atoms in total. The zero-order valence-corrected chi connectivity index (χ0v) is 20.2. The summed E-state index contributed by atoms with van der Waals surface area (Å²) in [6.45, 7) is 5.31. The highest BCUT2D eigenvalue weighted by Crippen LogP contribution is 2.26. The number of amides is 2. The summed E-state index contributed by atoms with van der Waals surface area (Å²) in [7, 11) is 0. The number of halogens is 2. The summed E-state index contributed by atoms with van der Waals surface area (Å²) in [6.07, 6.45) is 1.78. The first-order chi connectivity index (χ1) is 16.7. The molecule has 0 unspecified atom stereocenters. The van der Waals surface area contributed by atoms with Gasteiger partial charge in [-0.3, -0.25) is 9.59 Å². The van der Waals surface area contributed by atoms with E-state index in [1.807, 2.05) is 17.0 Å². The lowest BCUT2D eigenvalue weighted by molar-refractivity contribution is -0.125. The molecule has 2 N–H and O–H groups in total. The van der Waals surface area contributed by atoms with E-state index in [4.69, 9.17) is 17.3 Å². The number of aryl methyl sites for hydroxylation is 1. The molecule has 2 aromatic carbocycles. The molecule has 0 spiro atoms. The molecular weight excluding hydrogens is 469 g/mol. The molecule has 3 aromatic rings. The van der Waals surface area contributed by atoms with Gasteiger partial charge in [0.05, 0.1) is 11.3 Å². The molecule has 1 aromatic heterocycles. The minimum absolute atomic E-state index is 0.174. The van der Waals surface area contributed by atoms with E-state index in [1.54, 1.807) is 49.1 Å². The second kappa shape index (κ2) is 10.2. The van der Waals surface area contributed by atoms with Crippen molar-refractivity contribution in [2.75, 3.05) is 31.1 Å². The second-order valence-electron chi connectivity index (χ2n) is 8.37. The SMILES string of the molecule is Cc1nnc(N2CCN(C(=O)/C(=C/c3ccc(Cl)cc3)c3ccc(F)cc3)CC2)c(C(N)=O)c1C. The molecule has 1 aliphatic heterocycles. The molecule has 0 aliphatic carbocycles. The van der Waals surface area contributed by atoms with Gasteiger partial charge in [-0.25, -0.2) is 4.39 Å². The maximum absolute atomic E-state index is 13.6. The van der Waals surface area contributed by atoms with Crippen molar-refractivity contribution in [1.82, 2.24) is 15.1 Å². The number of primary amides is 1. The fraction of sp³-hybridized carbons (Fsp3) is 0.231. The van der Waals surface area contributed by atoms with Crippen LogP contribution in [0.1, 0.15) is 32.7 Å². The summed E-state index contributed by atoms with van der Waals surface area (Å²) >= 11 is 6.00. The Balaban J connectivity index is 1.58. The first-order valence-electron chi connectivity index (χ1n) is 11.2. The van der Waals surface area contributed by atoms with Crippen LogP contribution in [0.4, 0.5) is 10.2 Å². The number of carbonyl (C=O) groups is 2. The number of carbonyl (C=O) groups excluding carboxylic acids is 2. The summed E-state index contributed by atoms with van der Waals surface area (Å²) in [5.41, 5.74) is 9.19. The monoisotopic (exact) mass is 493 g/mol. The molecule has 2 heterocycles. The van der Waals surface area contributed by atoms with Crippen LogP contribution in [-0.4, -0.2) is 53.1 Å². The van der Waals surface area contributed by atoms with Crippen LogP contribution in [0.2, 0.25) is 5.02 Å². The van der Waals surface area contributed by atoms with E-state index in [1.165, 1.54) is 12.1 Å². The Bertz CT molecular complexity index is 1280. The van der Waals surface area contributed by atoms with Gasteiger partial charge in [0.15, 0.2) is 5.82 Å². The van der Waals surface area contributed by atoms with Gasteiger partial charge in [-0.05, 0) is 60.9 Å². The second-order valence-corrected chi connectivity index (χ2v) is 8.81. The van der Waals surface area contributed by atoms with E-state index in [9.17, 15) is 14.0 Å². The molecule has 1 saturated heterocycles. The molecule has 0 saturated carbocycles. The summed E-state index contributed by atoms with van der Waals surface area (Å²) in [4.78, 5) is 29.3. The van der Waals surface area contributed by atoms with Crippen molar-refractivity contribution in [2.45, 2.75) is 13.8 Å². The molecule has 180 valence electrons. The molecule has 0 atom stereocenters. The zero-order valence-electron chi connectivity index (χ0n) is 19.5. The third-order valence-electron chi connectivity index (χ3n) is 6.12. The van der Waals surface area contributed by atoms with E-state index in [-0.39, 0.29) is 11.7 Å². The van der Waals surface area contributed by atoms with Crippen LogP contribution >= 0.6 is 11.6 Å². The average molecular weight is 494 g/mol. The van der Waals surface area contributed by atoms with Crippen LogP contribution in [0.25, 0.3) is 11.6 Å². The smallest absolute Gasteiger partial charge is 0.254 e. The molecule has 1 fully saturated rings. The summed E-state index contributed by atoms with van der Waals surface area (Å²) in [5, 5.41) is 8.97. The largest absolute Gasteiger partial charge is 0.365 e. The van der Waals surface area contributed by atoms with Crippen molar-refractivity contribution < 1.29 is 14.0 Å². The Hall–Kier alpha value is -3.78. The molecule has 2 amide bonds. The van der Waals surface area contributed by atoms with Gasteiger partial charge in [-0.15, -0.1) is 5.10 Å². The van der Waals surface area contributed by atoms with Crippen LogP contribution in [0.5, 0.6) is 0 Å². The Morgan fingerprint density at radius 1 is 0.971 bits per heavy atom. The van der Waals surface area contributed by atoms with Crippen LogP contribution in [0.15, 0.2) is 48.5 Å². The maximum atomic E-state index is 13.6. The van der Waals surface area contributed by atoms with Crippen molar-refractivity contribution in [3.05, 3.63) is 87.3 Å². The predicted octanol–water partition coefficient (Wildman–Crippen LogP) is 3.87. The minimum atomic E-state index is -0.557. The Kier molecular flexibility index (Phi) is 7.12. The highest BCUT2D eigenvalue weighted by molar-refractivity contribution is 6.30. The Morgan fingerprint density at radius 2 is 1.60 bits per heavy atom. The number of rotatable bonds is 5. The number of anilines is 1. The first kappa shape index (κ1) is 24.3. The number of hydrogen-bond donors (Lipinski definition) is 1. The number of benzene rings is 2. The number of hydrogen-bond acceptors (Lipinski definition) is 5. The normalized spacial score (nSPS) is 14.2. The van der Waals surface area contributed by atoms with E-state index in [2.05, 4.69) is 10.2 Å². The van der Waals surface area contributed by atoms with Crippen molar-refractivity contribution in [3.63, 3.8) is 0 Å². The predicted molar refractivity (Wildman–Crippen MR) is 135 cm³/mol. The number of nitrogens with zero attached hydrogens (tertiary/aromatic N) is 4. The van der Waals surface area contributed by atoms with Gasteiger partial charge in [0.25, 0.3) is 11.8 Å². The average Bonchev–Trinajstić information content (AvgIpc) is 2.85. The summed E-state index contributed by atoms with van der Waals surface area (Å²) in [5.74, 6) is -0.672. The van der Waals surface area contributed by atoms with Gasteiger partial charge >= 0.3 is 0 Å². The lowest BCUT2D eigenvalue weighted by Gasteiger charge is -2.36. The molecule has 1 aliphatic rings. The van der Waals surface area contributed by atoms with Crippen LogP contribution in [0, 0.1) is 19.7 Å². The first-order valence-corrected chi connectivity index (χ1v) is 11.5. The van der Waals surface area contributed by atoms with Gasteiger partial charge in [-0.2, -0.15) is 5.10 Å². The lowest BCUT2D eigenvalue weighted by Crippen LogP contribution is -2.49. The zero-order chi connectivity index (χ0) is 25.1. The van der Waals surface area contributed by atoms with Crippen molar-refractivity contribution in [3.8, 4) is 0 Å². The van der Waals surface area contributed by atoms with Crippen molar-refractivity contribution >= 4 is 40.9 Å². The maximum Gasteiger partial charge on any atom is 0.254 e. The molecule has 0 bridgehead atoms. The van der Waals surface area contributed by atoms with E-state index < -0.39 is 5.91 Å². The molecule has 4 rings (SSSR count). The topological polar surface area (TPSA) is 92.4 Å². The van der Waals surface area contributed by atoms with Gasteiger partial charge in [-0.1, -0.05) is 35.9 Å². The third kappa shape index (κ3) is 5.33. The summed E-state index contributed by atoms with van der Waals surface area (Å²) < 4.78 is 13.5. The third-order valence-corrected chi connectivity index (χ3v) is 6.37. The number of nitrogens with two attached hydrogens (primary N) is 1. The molecule has 9 heteroatoms. The highest BCUT2D eigenvalue weighted by Gasteiger charge is 2.28. The minimum Gasteiger partial charge on any atom is -0.365 e. The van der Waals surface area contributed by atoms with Crippen LogP contribution in [0.3, 0.4) is 0 Å². The Morgan fingerprint density at radius 3 is 2.20 bits per heavy atom. The van der Waals surface area contributed by atoms with Crippen LogP contribution < -0.4 is 10.6 Å². The van der Waals surface area contributed by atoms with Gasteiger partial charge in [0.2, 0.25) is 0 Å². The van der Waals surface area contributed by atoms with Crippen LogP contribution in [-0.2, 0) is 4.79 Å². The van der Waals surface area contributed by atoms with Gasteiger partial charge in [0, 0.05) is 36.8 Å². The fourth-order valence-corrected chi connectivity index (χ4v) is 4.15. The summed E-state index contributed by atoms with van der Waals surface area (Å²) in [6, 6.07) is 13.0. The number of piperazine rings is 1. The van der Waals surface area contributed by atoms with Crippen molar-refractivity contribution in [2.24, 2.45) is 5.73 Å². The molecule has 35 heavy (non-hydrogen) atoms. The quantitative estimate of drug-likeness (QED) is 0.430. The molecular formula is C26H25ClFN5O2. The number of aromatic nitrogens is 2. The van der Waals surface area contributed by atoms with E-state index in [0.717, 1.165) is 5.56 Å². The highest BCUT2D eigenvalue weighted by atomic mass is 35.5. The van der Waals surface area contributed by atoms with E-state index >= 15 is 0 Å². The van der Waals surface area contributed by atoms with Gasteiger partial charge < -0.3 is 15.5 Å². The van der Waals surface area contributed by atoms with Crippen molar-refractivity contribution in [1.29, 1.82) is 0 Å². The van der Waals surface area contributed by atoms with Gasteiger partial charge in [0.1, 0.15) is 5.82 Å². The Labute approximate surface area is 208 Å². The molecule has 0 radical (unpaired) electrons. The van der Waals surface area contributed by atoms with E-state index in [0.29, 0.717) is 65.0 Å². The lowest BCUT2D eigenvalue weighted by atomic mass is 10.0.